The van der Waals surface area contributed by atoms with Gasteiger partial charge in [-0.25, -0.2) is 0 Å². The molecule has 0 fully saturated rings. The molecule has 0 atom stereocenters. The molecule has 0 N–H and O–H groups in total. The van der Waals surface area contributed by atoms with Gasteiger partial charge in [0.1, 0.15) is 35.4 Å². The van der Waals surface area contributed by atoms with Crippen LogP contribution in [0.3, 0.4) is 0 Å². The minimum atomic E-state index is -0.0518. The summed E-state index contributed by atoms with van der Waals surface area (Å²) in [5.74, 6) is 0. The lowest BCUT2D eigenvalue weighted by Crippen LogP contribution is -1.93. The summed E-state index contributed by atoms with van der Waals surface area (Å²) in [6.07, 6.45) is 1.90. The predicted octanol–water partition coefficient (Wildman–Crippen LogP) is 4.20. The van der Waals surface area contributed by atoms with Crippen molar-refractivity contribution in [3.05, 3.63) is 50.9 Å². The Hall–Kier alpha value is -2.70. The van der Waals surface area contributed by atoms with Crippen molar-refractivity contribution < 1.29 is 0 Å². The van der Waals surface area contributed by atoms with Gasteiger partial charge >= 0.3 is 0 Å². The Morgan fingerprint density at radius 1 is 0.955 bits per heavy atom. The SMILES string of the molecule is CSC(CC(=C(C#N)C#N)c1ccc(Cl)cc1)=C(C#N)C#N. The van der Waals surface area contributed by atoms with E-state index in [1.807, 2.05) is 24.3 Å². The fourth-order valence-corrected chi connectivity index (χ4v) is 2.43. The molecule has 0 aliphatic carbocycles. The van der Waals surface area contributed by atoms with Crippen molar-refractivity contribution in [1.29, 1.82) is 21.0 Å². The van der Waals surface area contributed by atoms with Gasteiger partial charge in [-0.2, -0.15) is 21.0 Å². The van der Waals surface area contributed by atoms with Crippen LogP contribution in [-0.4, -0.2) is 6.26 Å². The average molecular weight is 325 g/mol. The van der Waals surface area contributed by atoms with E-state index < -0.39 is 0 Å². The van der Waals surface area contributed by atoms with Gasteiger partial charge in [0, 0.05) is 16.3 Å². The number of hydrogen-bond donors (Lipinski definition) is 0. The van der Waals surface area contributed by atoms with Crippen LogP contribution in [0, 0.1) is 45.3 Å². The minimum absolute atomic E-state index is 0.0193. The van der Waals surface area contributed by atoms with E-state index in [1.54, 1.807) is 30.5 Å². The summed E-state index contributed by atoms with van der Waals surface area (Å²) in [6.45, 7) is 0. The van der Waals surface area contributed by atoms with E-state index >= 15 is 0 Å². The Morgan fingerprint density at radius 3 is 1.86 bits per heavy atom. The van der Waals surface area contributed by atoms with E-state index in [0.717, 1.165) is 0 Å². The molecule has 0 bridgehead atoms. The highest BCUT2D eigenvalue weighted by molar-refractivity contribution is 8.02. The molecule has 0 aliphatic rings. The van der Waals surface area contributed by atoms with Gasteiger partial charge in [-0.05, 0) is 29.5 Å². The van der Waals surface area contributed by atoms with E-state index in [4.69, 9.17) is 32.6 Å². The molecule has 0 saturated heterocycles. The normalized spacial score (nSPS) is 8.64. The number of allylic oxidation sites excluding steroid dienone is 4. The maximum absolute atomic E-state index is 9.14. The molecule has 0 radical (unpaired) electrons. The van der Waals surface area contributed by atoms with Gasteiger partial charge < -0.3 is 0 Å². The number of benzene rings is 1. The Balaban J connectivity index is 3.48. The second-order valence-electron chi connectivity index (χ2n) is 3.99. The van der Waals surface area contributed by atoms with Crippen molar-refractivity contribution >= 4 is 28.9 Å². The smallest absolute Gasteiger partial charge is 0.139 e. The lowest BCUT2D eigenvalue weighted by molar-refractivity contribution is 1.31. The van der Waals surface area contributed by atoms with Gasteiger partial charge in [-0.3, -0.25) is 0 Å². The third-order valence-electron chi connectivity index (χ3n) is 2.80. The van der Waals surface area contributed by atoms with Gasteiger partial charge in [0.2, 0.25) is 0 Å². The first-order valence-electron chi connectivity index (χ1n) is 5.97. The second kappa shape index (κ2) is 8.56. The predicted molar refractivity (Wildman–Crippen MR) is 86.0 cm³/mol. The quantitative estimate of drug-likeness (QED) is 0.773. The molecule has 0 aromatic heterocycles. The van der Waals surface area contributed by atoms with Crippen molar-refractivity contribution in [3.8, 4) is 24.3 Å². The van der Waals surface area contributed by atoms with E-state index in [1.165, 1.54) is 11.8 Å². The number of halogens is 1. The first-order valence-corrected chi connectivity index (χ1v) is 7.58. The summed E-state index contributed by atoms with van der Waals surface area (Å²) in [7, 11) is 0. The molecule has 4 nitrogen and oxygen atoms in total. The van der Waals surface area contributed by atoms with Gasteiger partial charge in [-0.1, -0.05) is 23.7 Å². The van der Waals surface area contributed by atoms with Crippen LogP contribution < -0.4 is 0 Å². The molecule has 0 saturated carbocycles. The molecule has 0 amide bonds. The van der Waals surface area contributed by atoms with Crippen LogP contribution >= 0.6 is 23.4 Å². The van der Waals surface area contributed by atoms with E-state index in [9.17, 15) is 0 Å². The first-order chi connectivity index (χ1) is 10.6. The van der Waals surface area contributed by atoms with E-state index in [2.05, 4.69) is 0 Å². The fraction of sp³-hybridized carbons (Fsp3) is 0.125. The first kappa shape index (κ1) is 17.4. The standard InChI is InChI=1S/C16H9ClN4S/c1-22-16(13(9-20)10-21)6-15(12(7-18)8-19)11-2-4-14(17)5-3-11/h2-5H,6H2,1H3. The maximum atomic E-state index is 9.14. The zero-order chi connectivity index (χ0) is 16.5. The van der Waals surface area contributed by atoms with Crippen LogP contribution in [0.15, 0.2) is 40.3 Å². The Labute approximate surface area is 138 Å². The number of hydrogen-bond acceptors (Lipinski definition) is 5. The summed E-state index contributed by atoms with van der Waals surface area (Å²) >= 11 is 7.09. The van der Waals surface area contributed by atoms with Crippen LogP contribution in [0.1, 0.15) is 12.0 Å². The fourth-order valence-electron chi connectivity index (χ4n) is 1.72. The summed E-state index contributed by atoms with van der Waals surface area (Å²) in [5, 5.41) is 36.8. The summed E-state index contributed by atoms with van der Waals surface area (Å²) in [4.78, 5) is 0.512. The number of rotatable bonds is 4. The molecule has 22 heavy (non-hydrogen) atoms. The molecule has 6 heteroatoms. The molecular formula is C16H9ClN4S. The summed E-state index contributed by atoms with van der Waals surface area (Å²) < 4.78 is 0. The Morgan fingerprint density at radius 2 is 1.45 bits per heavy atom. The molecule has 0 unspecified atom stereocenters. The lowest BCUT2D eigenvalue weighted by Gasteiger charge is -2.10. The highest BCUT2D eigenvalue weighted by Crippen LogP contribution is 2.32. The third kappa shape index (κ3) is 4.15. The topological polar surface area (TPSA) is 95.2 Å². The second-order valence-corrected chi connectivity index (χ2v) is 5.32. The van der Waals surface area contributed by atoms with Crippen molar-refractivity contribution in [3.63, 3.8) is 0 Å². The molecule has 0 aliphatic heterocycles. The molecular weight excluding hydrogens is 316 g/mol. The van der Waals surface area contributed by atoms with Gasteiger partial charge in [-0.15, -0.1) is 11.8 Å². The van der Waals surface area contributed by atoms with Crippen molar-refractivity contribution in [1.82, 2.24) is 0 Å². The van der Waals surface area contributed by atoms with Crippen LogP contribution in [0.5, 0.6) is 0 Å². The number of nitrogens with zero attached hydrogens (tertiary/aromatic N) is 4. The average Bonchev–Trinajstić information content (AvgIpc) is 2.55. The molecule has 1 aromatic rings. The van der Waals surface area contributed by atoms with Gasteiger partial charge in [0.05, 0.1) is 0 Å². The van der Waals surface area contributed by atoms with Crippen molar-refractivity contribution in [2.45, 2.75) is 6.42 Å². The molecule has 0 heterocycles. The number of nitriles is 4. The van der Waals surface area contributed by atoms with Gasteiger partial charge in [0.15, 0.2) is 0 Å². The zero-order valence-electron chi connectivity index (χ0n) is 11.6. The monoisotopic (exact) mass is 324 g/mol. The van der Waals surface area contributed by atoms with Crippen LogP contribution in [-0.2, 0) is 0 Å². The van der Waals surface area contributed by atoms with E-state index in [-0.39, 0.29) is 17.6 Å². The highest BCUT2D eigenvalue weighted by atomic mass is 35.5. The van der Waals surface area contributed by atoms with Crippen LogP contribution in [0.25, 0.3) is 5.57 Å². The Kier molecular flexibility index (Phi) is 6.75. The maximum Gasteiger partial charge on any atom is 0.139 e. The summed E-state index contributed by atoms with van der Waals surface area (Å²) in [6, 6.07) is 14.1. The largest absolute Gasteiger partial charge is 0.192 e. The molecule has 106 valence electrons. The van der Waals surface area contributed by atoms with Crippen molar-refractivity contribution in [2.24, 2.45) is 0 Å². The minimum Gasteiger partial charge on any atom is -0.192 e. The van der Waals surface area contributed by atoms with Crippen LogP contribution in [0.2, 0.25) is 5.02 Å². The Bertz CT molecular complexity index is 761. The third-order valence-corrected chi connectivity index (χ3v) is 3.90. The van der Waals surface area contributed by atoms with Crippen molar-refractivity contribution in [2.75, 3.05) is 6.26 Å². The molecule has 1 aromatic carbocycles. The molecule has 1 rings (SSSR count). The molecule has 0 spiro atoms. The highest BCUT2D eigenvalue weighted by Gasteiger charge is 2.14. The van der Waals surface area contributed by atoms with E-state index in [0.29, 0.717) is 21.1 Å². The zero-order valence-corrected chi connectivity index (χ0v) is 13.2. The summed E-state index contributed by atoms with van der Waals surface area (Å²) in [5.41, 5.74) is 1.05. The number of thioether (sulfide) groups is 1. The van der Waals surface area contributed by atoms with Crippen LogP contribution in [0.4, 0.5) is 0 Å². The van der Waals surface area contributed by atoms with Gasteiger partial charge in [0.25, 0.3) is 0 Å². The lowest BCUT2D eigenvalue weighted by atomic mass is 9.97.